The molecule has 2 aromatic rings. The van der Waals surface area contributed by atoms with Crippen LogP contribution < -0.4 is 9.47 Å². The summed E-state index contributed by atoms with van der Waals surface area (Å²) in [7, 11) is 13.1. The number of rotatable bonds is 13. The number of hydrogen-bond donors (Lipinski definition) is 0. The minimum absolute atomic E-state index is 0.491. The minimum Gasteiger partial charge on any atom is -0.488 e. The summed E-state index contributed by atoms with van der Waals surface area (Å²) in [6.45, 7) is 8.04. The first kappa shape index (κ1) is 26.2. The third-order valence-corrected chi connectivity index (χ3v) is 6.04. The number of nitrogens with zero attached hydrogens (tertiary/aromatic N) is 2. The number of ether oxygens (including phenoxy) is 2. The highest BCUT2D eigenvalue weighted by Gasteiger charge is 2.22. The molecule has 4 heteroatoms. The zero-order valence-electron chi connectivity index (χ0n) is 21.7. The Kier molecular flexibility index (Phi) is 9.60. The van der Waals surface area contributed by atoms with Gasteiger partial charge in [0.25, 0.3) is 0 Å². The van der Waals surface area contributed by atoms with Gasteiger partial charge in [-0.05, 0) is 60.1 Å². The Labute approximate surface area is 196 Å². The van der Waals surface area contributed by atoms with E-state index in [2.05, 4.69) is 105 Å². The van der Waals surface area contributed by atoms with E-state index < -0.39 is 0 Å². The van der Waals surface area contributed by atoms with Gasteiger partial charge in [-0.1, -0.05) is 38.1 Å². The standard InChI is InChI=1S/C28H46N2O2/c1-9-27(23-11-15-25(16-12-23)31-21-19-29(3,4)5)28(10-2)24-13-17-26(18-14-24)32-22-20-30(6,7)8/h11-18,27-28H,9-10,19-22H2,1-8H3/q+2. The quantitative estimate of drug-likeness (QED) is 0.379. The van der Waals surface area contributed by atoms with E-state index in [1.807, 2.05) is 0 Å². The van der Waals surface area contributed by atoms with Crippen molar-refractivity contribution in [2.45, 2.75) is 38.5 Å². The Morgan fingerprint density at radius 1 is 0.562 bits per heavy atom. The number of quaternary nitrogens is 2. The Bertz CT molecular complexity index is 717. The van der Waals surface area contributed by atoms with Gasteiger partial charge in [-0.15, -0.1) is 0 Å². The van der Waals surface area contributed by atoms with Gasteiger partial charge in [-0.2, -0.15) is 0 Å². The molecule has 0 aromatic heterocycles. The Balaban J connectivity index is 2.03. The van der Waals surface area contributed by atoms with Crippen molar-refractivity contribution in [1.82, 2.24) is 0 Å². The van der Waals surface area contributed by atoms with Crippen LogP contribution in [0.3, 0.4) is 0 Å². The molecule has 0 saturated carbocycles. The normalized spacial score (nSPS) is 14.1. The van der Waals surface area contributed by atoms with Crippen molar-refractivity contribution in [3.8, 4) is 11.5 Å². The molecule has 4 nitrogen and oxygen atoms in total. The molecule has 178 valence electrons. The van der Waals surface area contributed by atoms with Crippen LogP contribution in [0, 0.1) is 0 Å². The molecule has 0 fully saturated rings. The average Bonchev–Trinajstić information content (AvgIpc) is 2.71. The van der Waals surface area contributed by atoms with E-state index in [1.165, 1.54) is 11.1 Å². The van der Waals surface area contributed by atoms with E-state index in [0.717, 1.165) is 59.6 Å². The Morgan fingerprint density at radius 2 is 0.875 bits per heavy atom. The maximum absolute atomic E-state index is 5.96. The van der Waals surface area contributed by atoms with Gasteiger partial charge in [-0.3, -0.25) is 0 Å². The molecule has 0 heterocycles. The molecular formula is C28H46N2O2+2. The lowest BCUT2D eigenvalue weighted by atomic mass is 9.78. The molecule has 2 rings (SSSR count). The number of benzene rings is 2. The van der Waals surface area contributed by atoms with E-state index in [9.17, 15) is 0 Å². The van der Waals surface area contributed by atoms with Crippen LogP contribution in [-0.4, -0.2) is 77.6 Å². The smallest absolute Gasteiger partial charge is 0.137 e. The monoisotopic (exact) mass is 442 g/mol. The van der Waals surface area contributed by atoms with Gasteiger partial charge in [0.15, 0.2) is 0 Å². The summed E-state index contributed by atoms with van der Waals surface area (Å²) in [6.07, 6.45) is 2.23. The van der Waals surface area contributed by atoms with Crippen LogP contribution in [0.4, 0.5) is 0 Å². The van der Waals surface area contributed by atoms with Gasteiger partial charge in [0.2, 0.25) is 0 Å². The van der Waals surface area contributed by atoms with Gasteiger partial charge in [0.05, 0.1) is 42.3 Å². The van der Waals surface area contributed by atoms with Crippen molar-refractivity contribution >= 4 is 0 Å². The van der Waals surface area contributed by atoms with Crippen LogP contribution in [0.25, 0.3) is 0 Å². The molecule has 32 heavy (non-hydrogen) atoms. The zero-order chi connectivity index (χ0) is 23.8. The van der Waals surface area contributed by atoms with Crippen LogP contribution in [-0.2, 0) is 0 Å². The predicted octanol–water partition coefficient (Wildman–Crippen LogP) is 5.54. The van der Waals surface area contributed by atoms with Crippen molar-refractivity contribution in [3.05, 3.63) is 59.7 Å². The molecular weight excluding hydrogens is 396 g/mol. The molecule has 2 atom stereocenters. The summed E-state index contributed by atoms with van der Waals surface area (Å²) >= 11 is 0. The van der Waals surface area contributed by atoms with E-state index in [4.69, 9.17) is 9.47 Å². The minimum atomic E-state index is 0.491. The SMILES string of the molecule is CCC(c1ccc(OCC[N+](C)(C)C)cc1)C(CC)c1ccc(OCC[N+](C)(C)C)cc1. The fourth-order valence-electron chi connectivity index (χ4n) is 4.00. The second kappa shape index (κ2) is 11.7. The lowest BCUT2D eigenvalue weighted by Crippen LogP contribution is -2.38. The molecule has 0 radical (unpaired) electrons. The molecule has 0 bridgehead atoms. The van der Waals surface area contributed by atoms with E-state index >= 15 is 0 Å². The Hall–Kier alpha value is -2.04. The summed E-state index contributed by atoms with van der Waals surface area (Å²) in [6, 6.07) is 17.5. The lowest BCUT2D eigenvalue weighted by Gasteiger charge is -2.27. The molecule has 0 aliphatic heterocycles. The first-order chi connectivity index (χ1) is 15.0. The van der Waals surface area contributed by atoms with E-state index in [1.54, 1.807) is 0 Å². The van der Waals surface area contributed by atoms with Gasteiger partial charge in [-0.25, -0.2) is 0 Å². The number of hydrogen-bond acceptors (Lipinski definition) is 2. The molecule has 2 aromatic carbocycles. The van der Waals surface area contributed by atoms with Crippen molar-refractivity contribution in [3.63, 3.8) is 0 Å². The summed E-state index contributed by atoms with van der Waals surface area (Å²) in [4.78, 5) is 0. The topological polar surface area (TPSA) is 18.5 Å². The summed E-state index contributed by atoms with van der Waals surface area (Å²) in [5.74, 6) is 2.90. The zero-order valence-corrected chi connectivity index (χ0v) is 21.7. The van der Waals surface area contributed by atoms with E-state index in [-0.39, 0.29) is 0 Å². The molecule has 0 spiro atoms. The second-order valence-corrected chi connectivity index (χ2v) is 10.9. The first-order valence-electron chi connectivity index (χ1n) is 12.1. The number of likely N-dealkylation sites (N-methyl/N-ethyl adjacent to an activating group) is 2. The van der Waals surface area contributed by atoms with Gasteiger partial charge < -0.3 is 18.4 Å². The van der Waals surface area contributed by atoms with Crippen LogP contribution in [0.5, 0.6) is 11.5 Å². The fraction of sp³-hybridized carbons (Fsp3) is 0.571. The maximum atomic E-state index is 5.96. The van der Waals surface area contributed by atoms with Crippen LogP contribution >= 0.6 is 0 Å². The van der Waals surface area contributed by atoms with Gasteiger partial charge in [0, 0.05) is 0 Å². The molecule has 0 aliphatic rings. The third kappa shape index (κ3) is 8.84. The van der Waals surface area contributed by atoms with Crippen LogP contribution in [0.2, 0.25) is 0 Å². The van der Waals surface area contributed by atoms with Gasteiger partial charge in [0.1, 0.15) is 37.8 Å². The Morgan fingerprint density at radius 3 is 1.12 bits per heavy atom. The molecule has 0 N–H and O–H groups in total. The van der Waals surface area contributed by atoms with Crippen LogP contribution in [0.15, 0.2) is 48.5 Å². The second-order valence-electron chi connectivity index (χ2n) is 10.9. The van der Waals surface area contributed by atoms with Crippen molar-refractivity contribution in [2.75, 3.05) is 68.6 Å². The van der Waals surface area contributed by atoms with Gasteiger partial charge >= 0.3 is 0 Å². The molecule has 2 unspecified atom stereocenters. The predicted molar refractivity (Wildman–Crippen MR) is 136 cm³/mol. The highest BCUT2D eigenvalue weighted by Crippen LogP contribution is 2.38. The van der Waals surface area contributed by atoms with E-state index in [0.29, 0.717) is 11.8 Å². The van der Waals surface area contributed by atoms with Crippen LogP contribution in [0.1, 0.15) is 49.7 Å². The summed E-state index contributed by atoms with van der Waals surface area (Å²) < 4.78 is 13.7. The highest BCUT2D eigenvalue weighted by atomic mass is 16.5. The average molecular weight is 443 g/mol. The maximum Gasteiger partial charge on any atom is 0.137 e. The summed E-state index contributed by atoms with van der Waals surface area (Å²) in [5, 5.41) is 0. The first-order valence-corrected chi connectivity index (χ1v) is 12.1. The van der Waals surface area contributed by atoms with Crippen molar-refractivity contribution in [1.29, 1.82) is 0 Å². The molecule has 0 aliphatic carbocycles. The highest BCUT2D eigenvalue weighted by molar-refractivity contribution is 5.35. The fourth-order valence-corrected chi connectivity index (χ4v) is 4.00. The van der Waals surface area contributed by atoms with Crippen molar-refractivity contribution < 1.29 is 18.4 Å². The molecule has 0 saturated heterocycles. The van der Waals surface area contributed by atoms with Crippen molar-refractivity contribution in [2.24, 2.45) is 0 Å². The molecule has 0 amide bonds. The lowest BCUT2D eigenvalue weighted by molar-refractivity contribution is -0.870. The largest absolute Gasteiger partial charge is 0.488 e. The summed E-state index contributed by atoms with van der Waals surface area (Å²) in [5.41, 5.74) is 2.78. The third-order valence-electron chi connectivity index (χ3n) is 6.04.